The molecule has 0 aromatic rings. The maximum absolute atomic E-state index is 13.0. The summed E-state index contributed by atoms with van der Waals surface area (Å²) in [5.41, 5.74) is 31.9. The Morgan fingerprint density at radius 1 is 0.650 bits per heavy atom. The molecule has 4 atom stereocenters. The van der Waals surface area contributed by atoms with Crippen molar-refractivity contribution in [2.45, 2.75) is 69.1 Å². The third kappa shape index (κ3) is 16.2. The molecule has 0 radical (unpaired) electrons. The monoisotopic (exact) mass is 573 g/mol. The fourth-order valence-corrected chi connectivity index (χ4v) is 3.18. The summed E-state index contributed by atoms with van der Waals surface area (Å²) < 4.78 is 0. The third-order valence-electron chi connectivity index (χ3n) is 5.18. The Labute approximate surface area is 229 Å². The van der Waals surface area contributed by atoms with Gasteiger partial charge in [-0.1, -0.05) is 0 Å². The Balaban J connectivity index is 5.66. The Morgan fingerprint density at radius 3 is 1.55 bits per heavy atom. The predicted molar refractivity (Wildman–Crippen MR) is 142 cm³/mol. The molecule has 0 saturated heterocycles. The fraction of sp³-hybridized carbons (Fsp3) is 0.619. The minimum Gasteiger partial charge on any atom is -0.481 e. The number of carboxylic acids is 2. The Morgan fingerprint density at radius 2 is 1.10 bits per heavy atom. The molecule has 0 saturated carbocycles. The van der Waals surface area contributed by atoms with Crippen molar-refractivity contribution in [1.82, 2.24) is 16.0 Å². The van der Waals surface area contributed by atoms with Gasteiger partial charge in [0.2, 0.25) is 23.6 Å². The van der Waals surface area contributed by atoms with Crippen LogP contribution >= 0.6 is 0 Å². The lowest BCUT2D eigenvalue weighted by atomic mass is 10.1. The molecule has 0 rings (SSSR count). The standard InChI is InChI=1S/C21H39N11O8/c22-10(5-6-15(34)35)16(36)32-13(9-14(23)33)18(38)30-11(3-1-7-28-20(24)25)17(37)31-12(19(39)40)4-2-8-29-21(26)27/h10-13H,1-9,22H2,(H2,23,33)(H,30,38)(H,31,37)(H,32,36)(H,34,35)(H,39,40)(H4,24,25,28)(H4,26,27,29). The molecule has 0 aliphatic heterocycles. The van der Waals surface area contributed by atoms with Crippen molar-refractivity contribution >= 4 is 47.5 Å². The van der Waals surface area contributed by atoms with Gasteiger partial charge >= 0.3 is 11.9 Å². The quantitative estimate of drug-likeness (QED) is 0.0368. The smallest absolute Gasteiger partial charge is 0.326 e. The molecule has 0 aromatic heterocycles. The number of guanidine groups is 2. The van der Waals surface area contributed by atoms with Gasteiger partial charge in [0.1, 0.15) is 18.1 Å². The van der Waals surface area contributed by atoms with Crippen LogP contribution in [0.1, 0.15) is 44.9 Å². The van der Waals surface area contributed by atoms with E-state index in [4.69, 9.17) is 39.5 Å². The second kappa shape index (κ2) is 18.6. The third-order valence-corrected chi connectivity index (χ3v) is 5.18. The van der Waals surface area contributed by atoms with Gasteiger partial charge in [-0.05, 0) is 32.1 Å². The zero-order valence-electron chi connectivity index (χ0n) is 21.9. The summed E-state index contributed by atoms with van der Waals surface area (Å²) in [6.45, 7) is 0.187. The van der Waals surface area contributed by atoms with Crippen LogP contribution in [0.3, 0.4) is 0 Å². The molecular weight excluding hydrogens is 534 g/mol. The largest absolute Gasteiger partial charge is 0.481 e. The van der Waals surface area contributed by atoms with Crippen molar-refractivity contribution in [3.63, 3.8) is 0 Å². The lowest BCUT2D eigenvalue weighted by molar-refractivity contribution is -0.142. The number of nitrogens with zero attached hydrogens (tertiary/aromatic N) is 2. The van der Waals surface area contributed by atoms with Gasteiger partial charge in [0.25, 0.3) is 0 Å². The topological polar surface area (TPSA) is 360 Å². The van der Waals surface area contributed by atoms with E-state index in [0.29, 0.717) is 0 Å². The fourth-order valence-electron chi connectivity index (χ4n) is 3.18. The highest BCUT2D eigenvalue weighted by Crippen LogP contribution is 2.05. The van der Waals surface area contributed by atoms with E-state index < -0.39 is 72.6 Å². The molecule has 4 unspecified atom stereocenters. The molecule has 0 heterocycles. The maximum Gasteiger partial charge on any atom is 0.326 e. The van der Waals surface area contributed by atoms with Crippen molar-refractivity contribution in [2.24, 2.45) is 44.4 Å². The second-order valence-corrected chi connectivity index (χ2v) is 8.63. The average Bonchev–Trinajstić information content (AvgIpc) is 2.84. The molecule has 0 aliphatic rings. The van der Waals surface area contributed by atoms with Crippen LogP contribution in [-0.2, 0) is 28.8 Å². The van der Waals surface area contributed by atoms with E-state index in [1.54, 1.807) is 0 Å². The summed E-state index contributed by atoms with van der Waals surface area (Å²) in [7, 11) is 0. The van der Waals surface area contributed by atoms with E-state index in [1.807, 2.05) is 0 Å². The predicted octanol–water partition coefficient (Wildman–Crippen LogP) is -5.30. The van der Waals surface area contributed by atoms with Gasteiger partial charge in [0.05, 0.1) is 12.5 Å². The van der Waals surface area contributed by atoms with Crippen LogP contribution in [0.15, 0.2) is 9.98 Å². The molecule has 0 fully saturated rings. The molecule has 19 nitrogen and oxygen atoms in total. The molecule has 19 heteroatoms. The van der Waals surface area contributed by atoms with Gasteiger partial charge in [0, 0.05) is 19.5 Å². The molecule has 40 heavy (non-hydrogen) atoms. The number of rotatable bonds is 20. The summed E-state index contributed by atoms with van der Waals surface area (Å²) in [5, 5.41) is 25.2. The van der Waals surface area contributed by atoms with E-state index in [1.165, 1.54) is 0 Å². The molecule has 0 aromatic carbocycles. The van der Waals surface area contributed by atoms with E-state index in [9.17, 15) is 33.9 Å². The molecule has 17 N–H and O–H groups in total. The highest BCUT2D eigenvalue weighted by atomic mass is 16.4. The normalized spacial score (nSPS) is 13.4. The van der Waals surface area contributed by atoms with Crippen molar-refractivity contribution in [3.8, 4) is 0 Å². The van der Waals surface area contributed by atoms with Crippen molar-refractivity contribution < 1.29 is 39.0 Å². The van der Waals surface area contributed by atoms with Crippen LogP contribution in [0.25, 0.3) is 0 Å². The lowest BCUT2D eigenvalue weighted by Gasteiger charge is -2.24. The number of amides is 4. The number of carbonyl (C=O) groups excluding carboxylic acids is 4. The first-order chi connectivity index (χ1) is 18.6. The van der Waals surface area contributed by atoms with Gasteiger partial charge in [-0.15, -0.1) is 0 Å². The zero-order chi connectivity index (χ0) is 30.8. The Bertz CT molecular complexity index is 964. The lowest BCUT2D eigenvalue weighted by Crippen LogP contribution is -2.57. The summed E-state index contributed by atoms with van der Waals surface area (Å²) >= 11 is 0. The van der Waals surface area contributed by atoms with Gasteiger partial charge in [-0.3, -0.25) is 34.0 Å². The number of hydrogen-bond acceptors (Lipinski definition) is 9. The van der Waals surface area contributed by atoms with Crippen LogP contribution in [0.5, 0.6) is 0 Å². The molecule has 4 amide bonds. The van der Waals surface area contributed by atoms with Crippen LogP contribution in [0.4, 0.5) is 0 Å². The summed E-state index contributed by atoms with van der Waals surface area (Å²) in [4.78, 5) is 79.8. The summed E-state index contributed by atoms with van der Waals surface area (Å²) in [6, 6.07) is -5.57. The minimum atomic E-state index is -1.57. The first-order valence-electron chi connectivity index (χ1n) is 12.1. The average molecular weight is 574 g/mol. The van der Waals surface area contributed by atoms with E-state index in [-0.39, 0.29) is 57.1 Å². The highest BCUT2D eigenvalue weighted by Gasteiger charge is 2.31. The number of nitrogens with one attached hydrogen (secondary N) is 3. The summed E-state index contributed by atoms with van der Waals surface area (Å²) in [6.07, 6.45) is -1.06. The van der Waals surface area contributed by atoms with Gasteiger partial charge in [-0.25, -0.2) is 4.79 Å². The van der Waals surface area contributed by atoms with E-state index >= 15 is 0 Å². The van der Waals surface area contributed by atoms with Crippen LogP contribution < -0.4 is 50.4 Å². The van der Waals surface area contributed by atoms with Crippen LogP contribution in [0.2, 0.25) is 0 Å². The Hall–Kier alpha value is -4.68. The van der Waals surface area contributed by atoms with Crippen molar-refractivity contribution in [1.29, 1.82) is 0 Å². The number of hydrogen-bond donors (Lipinski definition) is 11. The van der Waals surface area contributed by atoms with Gasteiger partial charge < -0.3 is 60.6 Å². The number of carboxylic acid groups (broad SMARTS) is 2. The first-order valence-corrected chi connectivity index (χ1v) is 12.1. The van der Waals surface area contributed by atoms with Gasteiger partial charge in [0.15, 0.2) is 11.9 Å². The minimum absolute atomic E-state index is 0.0406. The molecule has 0 aliphatic carbocycles. The summed E-state index contributed by atoms with van der Waals surface area (Å²) in [5.74, 6) is -6.71. The molecule has 226 valence electrons. The Kier molecular flexibility index (Phi) is 16.4. The number of primary amides is 1. The van der Waals surface area contributed by atoms with Crippen molar-refractivity contribution in [2.75, 3.05) is 13.1 Å². The second-order valence-electron chi connectivity index (χ2n) is 8.63. The number of nitrogens with two attached hydrogens (primary N) is 6. The van der Waals surface area contributed by atoms with Gasteiger partial charge in [-0.2, -0.15) is 0 Å². The van der Waals surface area contributed by atoms with Crippen LogP contribution in [0, 0.1) is 0 Å². The number of aliphatic carboxylic acids is 2. The molecular formula is C21H39N11O8. The van der Waals surface area contributed by atoms with E-state index in [0.717, 1.165) is 0 Å². The maximum atomic E-state index is 13.0. The molecule has 0 spiro atoms. The van der Waals surface area contributed by atoms with Crippen LogP contribution in [-0.4, -0.2) is 95.0 Å². The zero-order valence-corrected chi connectivity index (χ0v) is 21.9. The first kappa shape index (κ1) is 35.3. The SMILES string of the molecule is NC(=O)CC(NC(=O)C(N)CCC(=O)O)C(=O)NC(CCCN=C(N)N)C(=O)NC(CCCN=C(N)N)C(=O)O. The number of carbonyl (C=O) groups is 6. The highest BCUT2D eigenvalue weighted by molar-refractivity contribution is 5.96. The van der Waals surface area contributed by atoms with E-state index in [2.05, 4.69) is 25.9 Å². The molecule has 0 bridgehead atoms. The van der Waals surface area contributed by atoms with Crippen molar-refractivity contribution in [3.05, 3.63) is 0 Å². The number of aliphatic imine (C=N–C) groups is 2.